The molecule has 1 aromatic carbocycles. The van der Waals surface area contributed by atoms with Crippen LogP contribution in [-0.2, 0) is 15.8 Å². The summed E-state index contributed by atoms with van der Waals surface area (Å²) in [6.07, 6.45) is 6.91. The number of thioether (sulfide) groups is 1. The molecule has 9 heteroatoms. The second kappa shape index (κ2) is 9.82. The summed E-state index contributed by atoms with van der Waals surface area (Å²) in [6, 6.07) is 4.18. The normalized spacial score (nSPS) is 24.6. The third-order valence-electron chi connectivity index (χ3n) is 7.26. The van der Waals surface area contributed by atoms with Crippen molar-refractivity contribution in [2.75, 3.05) is 6.54 Å². The van der Waals surface area contributed by atoms with Crippen LogP contribution in [0.5, 0.6) is 0 Å². The fraction of sp³-hybridized carbons (Fsp3) is 0.444. The lowest BCUT2D eigenvalue weighted by atomic mass is 9.87. The van der Waals surface area contributed by atoms with Crippen LogP contribution in [0.4, 0.5) is 13.2 Å². The molecule has 1 aliphatic heterocycles. The molecule has 4 aliphatic rings. The van der Waals surface area contributed by atoms with Crippen LogP contribution in [0.1, 0.15) is 67.6 Å². The number of primary amides is 1. The summed E-state index contributed by atoms with van der Waals surface area (Å²) < 4.78 is 40.8. The Balaban J connectivity index is 1.32. The van der Waals surface area contributed by atoms with Crippen molar-refractivity contribution in [2.45, 2.75) is 57.0 Å². The maximum absolute atomic E-state index is 13.4. The van der Waals surface area contributed by atoms with Gasteiger partial charge >= 0.3 is 6.18 Å². The van der Waals surface area contributed by atoms with Gasteiger partial charge in [-0.15, -0.1) is 0 Å². The minimum atomic E-state index is -4.37. The monoisotopic (exact) mass is 532 g/mol. The van der Waals surface area contributed by atoms with Crippen LogP contribution in [0, 0.1) is 11.8 Å². The lowest BCUT2D eigenvalue weighted by Crippen LogP contribution is -2.29. The van der Waals surface area contributed by atoms with Crippen LogP contribution in [0.25, 0.3) is 5.57 Å². The van der Waals surface area contributed by atoms with E-state index in [0.29, 0.717) is 34.5 Å². The summed E-state index contributed by atoms with van der Waals surface area (Å²) in [5, 5.41) is 0. The van der Waals surface area contributed by atoms with Gasteiger partial charge in [-0.2, -0.15) is 13.2 Å². The SMILES string of the molecule is NC(=O)CCCCCN1C(=O)/C(=C\C2=CC=C(c3cc(C(F)(F)F)ccc3C3CC3)C3CC23)SC1=S. The van der Waals surface area contributed by atoms with Gasteiger partial charge in [0.05, 0.1) is 10.5 Å². The fourth-order valence-electron chi connectivity index (χ4n) is 5.11. The highest BCUT2D eigenvalue weighted by molar-refractivity contribution is 8.26. The number of nitrogens with zero attached hydrogens (tertiary/aromatic N) is 1. The number of nitrogens with two attached hydrogens (primary N) is 1. The van der Waals surface area contributed by atoms with Gasteiger partial charge in [0.15, 0.2) is 0 Å². The standard InChI is InChI=1S/C27H27F3N2O2S2/c28-27(29,30)17-8-10-18(15-5-6-15)21(13-17)19-9-7-16(20-14-22(19)20)12-23-25(34)32(26(35)36-23)11-3-1-2-4-24(31)33/h7-10,12-13,15,20,22H,1-6,11,14H2,(H2,31,33)/b23-12+. The predicted molar refractivity (Wildman–Crippen MR) is 139 cm³/mol. The first-order chi connectivity index (χ1) is 17.1. The molecule has 0 aromatic heterocycles. The quantitative estimate of drug-likeness (QED) is 0.229. The van der Waals surface area contributed by atoms with Gasteiger partial charge in [-0.05, 0) is 90.3 Å². The highest BCUT2D eigenvalue weighted by Gasteiger charge is 2.46. The molecule has 1 aromatic rings. The smallest absolute Gasteiger partial charge is 0.370 e. The second-order valence-electron chi connectivity index (χ2n) is 9.92. The zero-order valence-electron chi connectivity index (χ0n) is 19.6. The van der Waals surface area contributed by atoms with E-state index in [9.17, 15) is 22.8 Å². The third kappa shape index (κ3) is 5.32. The van der Waals surface area contributed by atoms with Crippen LogP contribution in [-0.4, -0.2) is 27.6 Å². The van der Waals surface area contributed by atoms with E-state index in [1.807, 2.05) is 18.2 Å². The number of rotatable bonds is 9. The van der Waals surface area contributed by atoms with Gasteiger partial charge in [-0.1, -0.05) is 48.6 Å². The predicted octanol–water partition coefficient (Wildman–Crippen LogP) is 6.33. The van der Waals surface area contributed by atoms with E-state index < -0.39 is 11.7 Å². The molecule has 0 radical (unpaired) electrons. The van der Waals surface area contributed by atoms with Gasteiger partial charge in [-0.25, -0.2) is 0 Å². The van der Waals surface area contributed by atoms with Gasteiger partial charge in [0.2, 0.25) is 5.91 Å². The second-order valence-corrected chi connectivity index (χ2v) is 11.6. The highest BCUT2D eigenvalue weighted by Crippen LogP contribution is 2.57. The van der Waals surface area contributed by atoms with E-state index >= 15 is 0 Å². The van der Waals surface area contributed by atoms with Crippen LogP contribution >= 0.6 is 24.0 Å². The van der Waals surface area contributed by atoms with E-state index in [2.05, 4.69) is 0 Å². The average Bonchev–Trinajstić information content (AvgIpc) is 3.73. The molecule has 5 rings (SSSR count). The largest absolute Gasteiger partial charge is 0.416 e. The van der Waals surface area contributed by atoms with Gasteiger partial charge in [-0.3, -0.25) is 14.5 Å². The number of benzene rings is 1. The van der Waals surface area contributed by atoms with Crippen molar-refractivity contribution in [3.63, 3.8) is 0 Å². The Kier molecular flexibility index (Phi) is 6.89. The van der Waals surface area contributed by atoms with Crippen LogP contribution in [0.3, 0.4) is 0 Å². The van der Waals surface area contributed by atoms with E-state index in [1.54, 1.807) is 11.0 Å². The summed E-state index contributed by atoms with van der Waals surface area (Å²) in [7, 11) is 0. The van der Waals surface area contributed by atoms with Crippen molar-refractivity contribution in [2.24, 2.45) is 17.6 Å². The van der Waals surface area contributed by atoms with Crippen molar-refractivity contribution >= 4 is 45.7 Å². The molecule has 1 saturated heterocycles. The summed E-state index contributed by atoms with van der Waals surface area (Å²) in [6.45, 7) is 0.509. The molecule has 2 atom stereocenters. The Morgan fingerprint density at radius 1 is 1.17 bits per heavy atom. The number of unbranched alkanes of at least 4 members (excludes halogenated alkanes) is 2. The first-order valence-corrected chi connectivity index (χ1v) is 13.5. The molecule has 4 nitrogen and oxygen atoms in total. The Hall–Kier alpha value is -2.39. The molecular weight excluding hydrogens is 505 g/mol. The van der Waals surface area contributed by atoms with Crippen LogP contribution in [0.15, 0.2) is 46.9 Å². The average molecular weight is 533 g/mol. The summed E-state index contributed by atoms with van der Waals surface area (Å²) in [4.78, 5) is 26.0. The topological polar surface area (TPSA) is 63.4 Å². The number of thiocarbonyl (C=S) groups is 1. The van der Waals surface area contributed by atoms with E-state index in [-0.39, 0.29) is 23.7 Å². The van der Waals surface area contributed by atoms with Crippen molar-refractivity contribution in [1.29, 1.82) is 0 Å². The number of allylic oxidation sites excluding steroid dienone is 5. The number of halogens is 3. The minimum Gasteiger partial charge on any atom is -0.370 e. The molecule has 2 N–H and O–H groups in total. The first kappa shape index (κ1) is 25.3. The van der Waals surface area contributed by atoms with Crippen molar-refractivity contribution in [3.8, 4) is 0 Å². The maximum Gasteiger partial charge on any atom is 0.416 e. The molecule has 0 bridgehead atoms. The molecule has 2 saturated carbocycles. The number of amides is 2. The summed E-state index contributed by atoms with van der Waals surface area (Å²) >= 11 is 6.71. The Bertz CT molecular complexity index is 1210. The third-order valence-corrected chi connectivity index (χ3v) is 8.64. The maximum atomic E-state index is 13.4. The lowest BCUT2D eigenvalue weighted by Gasteiger charge is -2.18. The first-order valence-electron chi connectivity index (χ1n) is 12.3. The number of carbonyl (C=O) groups is 2. The lowest BCUT2D eigenvalue weighted by molar-refractivity contribution is -0.137. The van der Waals surface area contributed by atoms with Crippen LogP contribution < -0.4 is 5.73 Å². The molecule has 3 aliphatic carbocycles. The van der Waals surface area contributed by atoms with Gasteiger partial charge in [0, 0.05) is 13.0 Å². The Labute approximate surface area is 217 Å². The van der Waals surface area contributed by atoms with Gasteiger partial charge in [0.25, 0.3) is 5.91 Å². The molecule has 3 fully saturated rings. The molecular formula is C27H27F3N2O2S2. The van der Waals surface area contributed by atoms with Crippen molar-refractivity contribution in [1.82, 2.24) is 4.90 Å². The van der Waals surface area contributed by atoms with Crippen molar-refractivity contribution < 1.29 is 22.8 Å². The van der Waals surface area contributed by atoms with Crippen molar-refractivity contribution in [3.05, 3.63) is 63.6 Å². The number of alkyl halides is 3. The fourth-order valence-corrected chi connectivity index (χ4v) is 6.42. The van der Waals surface area contributed by atoms with Gasteiger partial charge < -0.3 is 5.73 Å². The number of fused-ring (bicyclic) bond motifs is 1. The number of hydrogen-bond acceptors (Lipinski definition) is 4. The molecule has 1 heterocycles. The van der Waals surface area contributed by atoms with Gasteiger partial charge in [0.1, 0.15) is 4.32 Å². The zero-order chi connectivity index (χ0) is 25.6. The van der Waals surface area contributed by atoms with E-state index in [4.69, 9.17) is 18.0 Å². The number of hydrogen-bond donors (Lipinski definition) is 1. The Morgan fingerprint density at radius 3 is 2.64 bits per heavy atom. The minimum absolute atomic E-state index is 0.110. The summed E-state index contributed by atoms with van der Waals surface area (Å²) in [5.74, 6) is 0.308. The van der Waals surface area contributed by atoms with Crippen LogP contribution in [0.2, 0.25) is 0 Å². The molecule has 190 valence electrons. The zero-order valence-corrected chi connectivity index (χ0v) is 21.3. The molecule has 36 heavy (non-hydrogen) atoms. The van der Waals surface area contributed by atoms with E-state index in [1.165, 1.54) is 23.9 Å². The summed E-state index contributed by atoms with van der Waals surface area (Å²) in [5.41, 5.74) is 8.33. The highest BCUT2D eigenvalue weighted by atomic mass is 32.2. The molecule has 2 amide bonds. The number of carbonyl (C=O) groups excluding carboxylic acids is 2. The molecule has 0 spiro atoms. The molecule has 2 unspecified atom stereocenters. The Morgan fingerprint density at radius 2 is 1.94 bits per heavy atom. The van der Waals surface area contributed by atoms with E-state index in [0.717, 1.165) is 54.4 Å².